The number of ether oxygens (including phenoxy) is 1. The lowest BCUT2D eigenvalue weighted by atomic mass is 9.82. The number of hydrogen-bond donors (Lipinski definition) is 1. The van der Waals surface area contributed by atoms with Crippen LogP contribution in [0.2, 0.25) is 0 Å². The number of benzene rings is 1. The summed E-state index contributed by atoms with van der Waals surface area (Å²) < 4.78 is 5.27. The molecule has 0 bridgehead atoms. The first-order chi connectivity index (χ1) is 9.13. The molecule has 0 aliphatic carbocycles. The summed E-state index contributed by atoms with van der Waals surface area (Å²) in [6.45, 7) is 6.39. The molecule has 1 saturated heterocycles. The van der Waals surface area contributed by atoms with Gasteiger partial charge in [-0.25, -0.2) is 0 Å². The van der Waals surface area contributed by atoms with Gasteiger partial charge >= 0.3 is 0 Å². The standard InChI is InChI=1S/C16H25NOS/c1-16(2)8-9-19-12-15(16)17-10-13-6-4-5-7-14(13)11-18-3/h4-7,15,17H,8-12H2,1-3H3. The maximum atomic E-state index is 5.27. The summed E-state index contributed by atoms with van der Waals surface area (Å²) in [7, 11) is 1.76. The van der Waals surface area contributed by atoms with Gasteiger partial charge in [0.2, 0.25) is 0 Å². The van der Waals surface area contributed by atoms with Gasteiger partial charge in [-0.1, -0.05) is 38.1 Å². The van der Waals surface area contributed by atoms with E-state index in [4.69, 9.17) is 4.74 Å². The Morgan fingerprint density at radius 3 is 2.74 bits per heavy atom. The Kier molecular flexibility index (Phi) is 5.31. The smallest absolute Gasteiger partial charge is 0.0716 e. The van der Waals surface area contributed by atoms with Crippen LogP contribution in [0.4, 0.5) is 0 Å². The zero-order valence-corrected chi connectivity index (χ0v) is 13.1. The maximum Gasteiger partial charge on any atom is 0.0716 e. The van der Waals surface area contributed by atoms with Crippen LogP contribution in [0.3, 0.4) is 0 Å². The van der Waals surface area contributed by atoms with Crippen molar-refractivity contribution in [1.29, 1.82) is 0 Å². The topological polar surface area (TPSA) is 21.3 Å². The molecule has 0 amide bonds. The SMILES string of the molecule is COCc1ccccc1CNC1CSCCC1(C)C. The molecule has 2 rings (SSSR count). The van der Waals surface area contributed by atoms with Gasteiger partial charge in [-0.05, 0) is 28.7 Å². The second kappa shape index (κ2) is 6.78. The molecule has 1 atom stereocenters. The largest absolute Gasteiger partial charge is 0.380 e. The highest BCUT2D eigenvalue weighted by atomic mass is 32.2. The minimum atomic E-state index is 0.404. The van der Waals surface area contributed by atoms with Gasteiger partial charge in [-0.2, -0.15) is 11.8 Å². The molecule has 1 aromatic rings. The van der Waals surface area contributed by atoms with Crippen molar-refractivity contribution in [2.24, 2.45) is 5.41 Å². The molecule has 19 heavy (non-hydrogen) atoms. The van der Waals surface area contributed by atoms with Gasteiger partial charge in [0, 0.05) is 25.4 Å². The zero-order valence-electron chi connectivity index (χ0n) is 12.2. The number of thioether (sulfide) groups is 1. The Hall–Kier alpha value is -0.510. The second-order valence-electron chi connectivity index (χ2n) is 5.95. The third kappa shape index (κ3) is 3.98. The van der Waals surface area contributed by atoms with Crippen LogP contribution in [0.5, 0.6) is 0 Å². The van der Waals surface area contributed by atoms with E-state index in [0.29, 0.717) is 18.1 Å². The van der Waals surface area contributed by atoms with E-state index in [-0.39, 0.29) is 0 Å². The molecule has 1 heterocycles. The first kappa shape index (κ1) is 14.9. The summed E-state index contributed by atoms with van der Waals surface area (Å²) >= 11 is 2.07. The predicted molar refractivity (Wildman–Crippen MR) is 83.5 cm³/mol. The van der Waals surface area contributed by atoms with Crippen LogP contribution in [0.1, 0.15) is 31.4 Å². The third-order valence-corrected chi connectivity index (χ3v) is 5.14. The van der Waals surface area contributed by atoms with Gasteiger partial charge in [0.1, 0.15) is 0 Å². The molecule has 1 N–H and O–H groups in total. The van der Waals surface area contributed by atoms with Crippen LogP contribution < -0.4 is 5.32 Å². The molecule has 106 valence electrons. The molecular formula is C16H25NOS. The van der Waals surface area contributed by atoms with Crippen molar-refractivity contribution in [1.82, 2.24) is 5.32 Å². The Bertz CT molecular complexity index is 405. The summed E-state index contributed by atoms with van der Waals surface area (Å²) in [5, 5.41) is 3.75. The Morgan fingerprint density at radius 2 is 2.05 bits per heavy atom. The number of hydrogen-bond acceptors (Lipinski definition) is 3. The molecule has 0 saturated carbocycles. The molecule has 1 unspecified atom stereocenters. The fourth-order valence-electron chi connectivity index (χ4n) is 2.53. The van der Waals surface area contributed by atoms with Crippen LogP contribution in [-0.2, 0) is 17.9 Å². The van der Waals surface area contributed by atoms with Gasteiger partial charge in [0.05, 0.1) is 6.61 Å². The molecule has 3 heteroatoms. The predicted octanol–water partition coefficient (Wildman–Crippen LogP) is 3.45. The molecule has 1 fully saturated rings. The summed E-state index contributed by atoms with van der Waals surface area (Å²) in [6.07, 6.45) is 1.30. The van der Waals surface area contributed by atoms with E-state index in [2.05, 4.69) is 55.2 Å². The van der Waals surface area contributed by atoms with Gasteiger partial charge in [-0.15, -0.1) is 0 Å². The summed E-state index contributed by atoms with van der Waals surface area (Å²) in [5.41, 5.74) is 3.05. The van der Waals surface area contributed by atoms with Gasteiger partial charge in [0.15, 0.2) is 0 Å². The van der Waals surface area contributed by atoms with E-state index in [0.717, 1.165) is 6.54 Å². The van der Waals surface area contributed by atoms with Crippen LogP contribution in [0.15, 0.2) is 24.3 Å². The van der Waals surface area contributed by atoms with Gasteiger partial charge in [0.25, 0.3) is 0 Å². The Labute approximate surface area is 121 Å². The minimum Gasteiger partial charge on any atom is -0.380 e. The molecule has 0 aromatic heterocycles. The average molecular weight is 279 g/mol. The van der Waals surface area contributed by atoms with Crippen molar-refractivity contribution in [3.8, 4) is 0 Å². The van der Waals surface area contributed by atoms with Crippen molar-refractivity contribution < 1.29 is 4.74 Å². The first-order valence-corrected chi connectivity index (χ1v) is 8.16. The number of rotatable bonds is 5. The van der Waals surface area contributed by atoms with Crippen LogP contribution in [-0.4, -0.2) is 24.7 Å². The van der Waals surface area contributed by atoms with E-state index in [1.165, 1.54) is 29.1 Å². The molecule has 1 aliphatic heterocycles. The van der Waals surface area contributed by atoms with E-state index < -0.39 is 0 Å². The molecule has 1 aliphatic rings. The molecule has 1 aromatic carbocycles. The summed E-state index contributed by atoms with van der Waals surface area (Å²) in [6, 6.07) is 9.14. The van der Waals surface area contributed by atoms with Gasteiger partial charge < -0.3 is 10.1 Å². The summed E-state index contributed by atoms with van der Waals surface area (Å²) in [5.74, 6) is 2.52. The zero-order chi connectivity index (χ0) is 13.7. The Balaban J connectivity index is 1.98. The normalized spacial score (nSPS) is 22.4. The van der Waals surface area contributed by atoms with E-state index in [9.17, 15) is 0 Å². The summed E-state index contributed by atoms with van der Waals surface area (Å²) in [4.78, 5) is 0. The molecule has 0 radical (unpaired) electrons. The first-order valence-electron chi connectivity index (χ1n) is 7.00. The molecular weight excluding hydrogens is 254 g/mol. The highest BCUT2D eigenvalue weighted by molar-refractivity contribution is 7.99. The lowest BCUT2D eigenvalue weighted by molar-refractivity contribution is 0.183. The highest BCUT2D eigenvalue weighted by Crippen LogP contribution is 2.34. The van der Waals surface area contributed by atoms with Crippen LogP contribution >= 0.6 is 11.8 Å². The minimum absolute atomic E-state index is 0.404. The molecule has 2 nitrogen and oxygen atoms in total. The quantitative estimate of drug-likeness (QED) is 0.892. The van der Waals surface area contributed by atoms with Crippen molar-refractivity contribution in [2.75, 3.05) is 18.6 Å². The average Bonchev–Trinajstić information content (AvgIpc) is 2.39. The van der Waals surface area contributed by atoms with Crippen molar-refractivity contribution in [3.63, 3.8) is 0 Å². The van der Waals surface area contributed by atoms with E-state index in [1.807, 2.05) is 0 Å². The monoisotopic (exact) mass is 279 g/mol. The highest BCUT2D eigenvalue weighted by Gasteiger charge is 2.32. The lowest BCUT2D eigenvalue weighted by Gasteiger charge is -2.39. The number of methoxy groups -OCH3 is 1. The second-order valence-corrected chi connectivity index (χ2v) is 7.10. The van der Waals surface area contributed by atoms with Crippen LogP contribution in [0, 0.1) is 5.41 Å². The maximum absolute atomic E-state index is 5.27. The third-order valence-electron chi connectivity index (χ3n) is 4.08. The van der Waals surface area contributed by atoms with Crippen molar-refractivity contribution in [2.45, 2.75) is 39.5 Å². The fraction of sp³-hybridized carbons (Fsp3) is 0.625. The lowest BCUT2D eigenvalue weighted by Crippen LogP contribution is -2.46. The van der Waals surface area contributed by atoms with Gasteiger partial charge in [-0.3, -0.25) is 0 Å². The van der Waals surface area contributed by atoms with E-state index in [1.54, 1.807) is 7.11 Å². The number of nitrogens with one attached hydrogen (secondary N) is 1. The van der Waals surface area contributed by atoms with Crippen molar-refractivity contribution in [3.05, 3.63) is 35.4 Å². The van der Waals surface area contributed by atoms with Crippen molar-refractivity contribution >= 4 is 11.8 Å². The van der Waals surface area contributed by atoms with E-state index >= 15 is 0 Å². The molecule has 0 spiro atoms. The Morgan fingerprint density at radius 1 is 1.32 bits per heavy atom. The fourth-order valence-corrected chi connectivity index (χ4v) is 4.17. The van der Waals surface area contributed by atoms with Crippen LogP contribution in [0.25, 0.3) is 0 Å².